The van der Waals surface area contributed by atoms with Crippen LogP contribution >= 0.6 is 0 Å². The molecule has 0 spiro atoms. The molecule has 3 aromatic rings. The van der Waals surface area contributed by atoms with E-state index in [0.717, 1.165) is 0 Å². The molecule has 1 heterocycles. The third-order valence-corrected chi connectivity index (χ3v) is 2.95. The van der Waals surface area contributed by atoms with Gasteiger partial charge in [0.05, 0.1) is 5.69 Å². The minimum atomic E-state index is -0.258. The molecule has 3 rings (SSSR count). The zero-order valence-corrected chi connectivity index (χ0v) is 10.7. The summed E-state index contributed by atoms with van der Waals surface area (Å²) >= 11 is 0. The summed E-state index contributed by atoms with van der Waals surface area (Å²) in [4.78, 5) is 4.10. The van der Waals surface area contributed by atoms with Crippen molar-refractivity contribution in [1.29, 1.82) is 0 Å². The Morgan fingerprint density at radius 3 is 2.10 bits per heavy atom. The van der Waals surface area contributed by atoms with Crippen LogP contribution in [0, 0.1) is 0 Å². The fraction of sp³-hybridized carbons (Fsp3) is 0. The van der Waals surface area contributed by atoms with E-state index in [0.29, 0.717) is 17.1 Å². The lowest BCUT2D eigenvalue weighted by atomic mass is 10.2. The van der Waals surface area contributed by atoms with Crippen molar-refractivity contribution >= 4 is 0 Å². The second kappa shape index (κ2) is 4.71. The standard InChI is InChI=1S/C14H11N3O4/c18-10-3-1-8(5-12(10)20)14-15-7-17(16-14)9-2-4-11(19)13(21)6-9/h1-7,18-21H. The zero-order chi connectivity index (χ0) is 15.0. The maximum Gasteiger partial charge on any atom is 0.181 e. The molecule has 0 fully saturated rings. The lowest BCUT2D eigenvalue weighted by molar-refractivity contribution is 0.403. The summed E-state index contributed by atoms with van der Waals surface area (Å²) in [5.41, 5.74) is 1.05. The molecular weight excluding hydrogens is 274 g/mol. The molecule has 0 amide bonds. The Hall–Kier alpha value is -3.22. The lowest BCUT2D eigenvalue weighted by Gasteiger charge is -2.02. The highest BCUT2D eigenvalue weighted by Gasteiger charge is 2.09. The minimum absolute atomic E-state index is 0.220. The topological polar surface area (TPSA) is 112 Å². The third kappa shape index (κ3) is 2.32. The van der Waals surface area contributed by atoms with Crippen LogP contribution < -0.4 is 0 Å². The number of hydrogen-bond donors (Lipinski definition) is 4. The van der Waals surface area contributed by atoms with Gasteiger partial charge in [-0.15, -0.1) is 5.10 Å². The van der Waals surface area contributed by atoms with Gasteiger partial charge in [0.2, 0.25) is 0 Å². The highest BCUT2D eigenvalue weighted by Crippen LogP contribution is 2.30. The van der Waals surface area contributed by atoms with Crippen LogP contribution in [0.3, 0.4) is 0 Å². The van der Waals surface area contributed by atoms with E-state index in [1.807, 2.05) is 0 Å². The molecule has 0 radical (unpaired) electrons. The van der Waals surface area contributed by atoms with Crippen LogP contribution in [0.5, 0.6) is 23.0 Å². The molecule has 1 aromatic heterocycles. The largest absolute Gasteiger partial charge is 0.504 e. The Labute approximate surface area is 119 Å². The van der Waals surface area contributed by atoms with E-state index in [1.165, 1.54) is 35.3 Å². The van der Waals surface area contributed by atoms with Crippen LogP contribution in [0.1, 0.15) is 0 Å². The van der Waals surface area contributed by atoms with Crippen molar-refractivity contribution in [2.24, 2.45) is 0 Å². The second-order valence-corrected chi connectivity index (χ2v) is 4.39. The van der Waals surface area contributed by atoms with Crippen molar-refractivity contribution in [3.8, 4) is 40.1 Å². The monoisotopic (exact) mass is 285 g/mol. The molecule has 0 saturated carbocycles. The fourth-order valence-corrected chi connectivity index (χ4v) is 1.84. The number of rotatable bonds is 2. The van der Waals surface area contributed by atoms with E-state index in [9.17, 15) is 20.4 Å². The highest BCUT2D eigenvalue weighted by atomic mass is 16.3. The van der Waals surface area contributed by atoms with Crippen LogP contribution in [0.25, 0.3) is 17.1 Å². The van der Waals surface area contributed by atoms with Crippen molar-refractivity contribution in [2.75, 3.05) is 0 Å². The first-order valence-electron chi connectivity index (χ1n) is 6.01. The molecule has 7 nitrogen and oxygen atoms in total. The van der Waals surface area contributed by atoms with Crippen molar-refractivity contribution in [3.05, 3.63) is 42.7 Å². The van der Waals surface area contributed by atoms with Crippen molar-refractivity contribution < 1.29 is 20.4 Å². The van der Waals surface area contributed by atoms with Gasteiger partial charge in [0.25, 0.3) is 0 Å². The molecule has 106 valence electrons. The second-order valence-electron chi connectivity index (χ2n) is 4.39. The van der Waals surface area contributed by atoms with E-state index in [2.05, 4.69) is 10.1 Å². The van der Waals surface area contributed by atoms with Crippen LogP contribution in [-0.2, 0) is 0 Å². The van der Waals surface area contributed by atoms with Crippen LogP contribution in [0.15, 0.2) is 42.7 Å². The summed E-state index contributed by atoms with van der Waals surface area (Å²) in [6.45, 7) is 0. The first-order chi connectivity index (χ1) is 10.0. The molecule has 7 heteroatoms. The highest BCUT2D eigenvalue weighted by molar-refractivity contribution is 5.60. The molecule has 0 saturated heterocycles. The molecule has 21 heavy (non-hydrogen) atoms. The van der Waals surface area contributed by atoms with E-state index >= 15 is 0 Å². The summed E-state index contributed by atoms with van der Waals surface area (Å²) in [7, 11) is 0. The van der Waals surface area contributed by atoms with Crippen LogP contribution in [0.4, 0.5) is 0 Å². The number of aromatic nitrogens is 3. The van der Waals surface area contributed by atoms with Crippen LogP contribution in [0.2, 0.25) is 0 Å². The Kier molecular flexibility index (Phi) is 2.87. The Morgan fingerprint density at radius 1 is 0.762 bits per heavy atom. The molecular formula is C14H11N3O4. The van der Waals surface area contributed by atoms with Gasteiger partial charge in [-0.05, 0) is 30.3 Å². The van der Waals surface area contributed by atoms with Gasteiger partial charge < -0.3 is 20.4 Å². The van der Waals surface area contributed by atoms with E-state index in [4.69, 9.17) is 0 Å². The summed E-state index contributed by atoms with van der Waals surface area (Å²) in [5.74, 6) is -0.611. The molecule has 0 aliphatic carbocycles. The number of aromatic hydroxyl groups is 4. The molecule has 2 aromatic carbocycles. The van der Waals surface area contributed by atoms with E-state index < -0.39 is 0 Å². The smallest absolute Gasteiger partial charge is 0.181 e. The average Bonchev–Trinajstić information content (AvgIpc) is 2.94. The van der Waals surface area contributed by atoms with E-state index in [1.54, 1.807) is 12.1 Å². The molecule has 0 aliphatic heterocycles. The number of phenolic OH excluding ortho intramolecular Hbond substituents is 4. The summed E-state index contributed by atoms with van der Waals surface area (Å²) < 4.78 is 1.42. The normalized spacial score (nSPS) is 10.7. The van der Waals surface area contributed by atoms with Gasteiger partial charge in [-0.2, -0.15) is 0 Å². The Bertz CT molecular complexity index is 748. The number of nitrogens with zero attached hydrogens (tertiary/aromatic N) is 3. The van der Waals surface area contributed by atoms with Gasteiger partial charge in [0.15, 0.2) is 28.8 Å². The van der Waals surface area contributed by atoms with Crippen molar-refractivity contribution in [2.45, 2.75) is 0 Å². The van der Waals surface area contributed by atoms with E-state index in [-0.39, 0.29) is 23.0 Å². The number of benzene rings is 2. The first kappa shape index (κ1) is 12.8. The van der Waals surface area contributed by atoms with Gasteiger partial charge in [-0.1, -0.05) is 0 Å². The molecule has 0 bridgehead atoms. The maximum absolute atomic E-state index is 9.48. The van der Waals surface area contributed by atoms with Gasteiger partial charge in [-0.25, -0.2) is 9.67 Å². The predicted molar refractivity (Wildman–Crippen MR) is 73.5 cm³/mol. The van der Waals surface area contributed by atoms with Gasteiger partial charge in [-0.3, -0.25) is 0 Å². The summed E-state index contributed by atoms with van der Waals surface area (Å²) in [5, 5.41) is 41.7. The maximum atomic E-state index is 9.48. The zero-order valence-electron chi connectivity index (χ0n) is 10.7. The van der Waals surface area contributed by atoms with Crippen LogP contribution in [-0.4, -0.2) is 35.2 Å². The third-order valence-electron chi connectivity index (χ3n) is 2.95. The Balaban J connectivity index is 1.99. The molecule has 0 atom stereocenters. The minimum Gasteiger partial charge on any atom is -0.504 e. The molecule has 0 aliphatic rings. The summed E-state index contributed by atoms with van der Waals surface area (Å²) in [6.07, 6.45) is 1.44. The predicted octanol–water partition coefficient (Wildman–Crippen LogP) is 1.76. The van der Waals surface area contributed by atoms with Gasteiger partial charge in [0.1, 0.15) is 6.33 Å². The first-order valence-corrected chi connectivity index (χ1v) is 6.01. The van der Waals surface area contributed by atoms with Crippen molar-refractivity contribution in [1.82, 2.24) is 14.8 Å². The lowest BCUT2D eigenvalue weighted by Crippen LogP contribution is -1.94. The SMILES string of the molecule is Oc1ccc(-c2ncn(-c3ccc(O)c(O)c3)n2)cc1O. The number of phenols is 4. The van der Waals surface area contributed by atoms with Crippen molar-refractivity contribution in [3.63, 3.8) is 0 Å². The molecule has 0 unspecified atom stereocenters. The number of hydrogen-bond acceptors (Lipinski definition) is 6. The average molecular weight is 285 g/mol. The molecule has 4 N–H and O–H groups in total. The Morgan fingerprint density at radius 2 is 1.43 bits per heavy atom. The fourth-order valence-electron chi connectivity index (χ4n) is 1.84. The summed E-state index contributed by atoms with van der Waals surface area (Å²) in [6, 6.07) is 8.53. The quantitative estimate of drug-likeness (QED) is 0.534. The van der Waals surface area contributed by atoms with Gasteiger partial charge >= 0.3 is 0 Å². The van der Waals surface area contributed by atoms with Gasteiger partial charge in [0, 0.05) is 11.6 Å².